The molecule has 17 heavy (non-hydrogen) atoms. The number of hydrogen-bond donors (Lipinski definition) is 1. The van der Waals surface area contributed by atoms with E-state index in [-0.39, 0.29) is 5.78 Å². The molecule has 0 saturated heterocycles. The predicted molar refractivity (Wildman–Crippen MR) is 63.0 cm³/mol. The van der Waals surface area contributed by atoms with Crippen molar-refractivity contribution in [1.82, 2.24) is 0 Å². The van der Waals surface area contributed by atoms with Crippen molar-refractivity contribution in [2.24, 2.45) is 11.1 Å². The summed E-state index contributed by atoms with van der Waals surface area (Å²) in [5.41, 5.74) is 0. The molecular weight excluding hydrogens is 222 g/mol. The van der Waals surface area contributed by atoms with E-state index in [1.54, 1.807) is 24.3 Å². The van der Waals surface area contributed by atoms with Gasteiger partial charge in [-0.3, -0.25) is 4.79 Å². The lowest BCUT2D eigenvalue weighted by molar-refractivity contribution is -0.218. The maximum absolute atomic E-state index is 11.8. The van der Waals surface area contributed by atoms with Crippen LogP contribution >= 0.6 is 0 Å². The number of carbonyl (C=O) groups is 1. The van der Waals surface area contributed by atoms with E-state index in [0.29, 0.717) is 13.2 Å². The second kappa shape index (κ2) is 6.32. The third-order valence-corrected chi connectivity index (χ3v) is 2.41. The molecule has 0 fully saturated rings. The summed E-state index contributed by atoms with van der Waals surface area (Å²) >= 11 is 0. The zero-order valence-corrected chi connectivity index (χ0v) is 10.00. The molecule has 5 heteroatoms. The zero-order valence-electron chi connectivity index (χ0n) is 10.00. The highest BCUT2D eigenvalue weighted by Crippen LogP contribution is 2.30. The van der Waals surface area contributed by atoms with Crippen molar-refractivity contribution < 1.29 is 19.5 Å². The Morgan fingerprint density at radius 1 is 1.41 bits per heavy atom. The second-order valence-corrected chi connectivity index (χ2v) is 3.46. The van der Waals surface area contributed by atoms with Crippen molar-refractivity contribution >= 4 is 12.0 Å². The van der Waals surface area contributed by atoms with Crippen LogP contribution in [-0.4, -0.2) is 36.2 Å². The third-order valence-electron chi connectivity index (χ3n) is 2.41. The van der Waals surface area contributed by atoms with Gasteiger partial charge in [0.1, 0.15) is 6.21 Å². The summed E-state index contributed by atoms with van der Waals surface area (Å²) in [5, 5.41) is 11.2. The molecule has 1 N–H and O–H groups in total. The number of ether oxygens (including phenoxy) is 2. The van der Waals surface area contributed by atoms with E-state index in [2.05, 4.69) is 5.16 Å². The highest BCUT2D eigenvalue weighted by molar-refractivity contribution is 6.29. The topological polar surface area (TPSA) is 68.1 Å². The highest BCUT2D eigenvalue weighted by atomic mass is 16.7. The van der Waals surface area contributed by atoms with Crippen LogP contribution in [0.2, 0.25) is 0 Å². The summed E-state index contributed by atoms with van der Waals surface area (Å²) < 4.78 is 11.1. The zero-order chi connectivity index (χ0) is 12.7. The molecule has 1 aliphatic carbocycles. The van der Waals surface area contributed by atoms with Crippen molar-refractivity contribution in [3.8, 4) is 0 Å². The summed E-state index contributed by atoms with van der Waals surface area (Å²) in [4.78, 5) is 11.8. The van der Waals surface area contributed by atoms with Crippen molar-refractivity contribution in [3.63, 3.8) is 0 Å². The minimum Gasteiger partial charge on any atom is -0.411 e. The quantitative estimate of drug-likeness (QED) is 0.330. The number of carbonyl (C=O) groups excluding carboxylic acids is 1. The van der Waals surface area contributed by atoms with E-state index in [4.69, 9.17) is 14.7 Å². The molecule has 1 aliphatic rings. The molecule has 1 atom stereocenters. The van der Waals surface area contributed by atoms with Gasteiger partial charge in [-0.1, -0.05) is 23.4 Å². The molecule has 1 unspecified atom stereocenters. The molecular formula is C12H17NO4. The number of allylic oxidation sites excluding steroid dienone is 2. The van der Waals surface area contributed by atoms with E-state index >= 15 is 0 Å². The molecule has 94 valence electrons. The van der Waals surface area contributed by atoms with E-state index in [1.807, 2.05) is 13.8 Å². The lowest BCUT2D eigenvalue weighted by Gasteiger charge is -2.36. The van der Waals surface area contributed by atoms with Gasteiger partial charge in [0.05, 0.1) is 5.92 Å². The fourth-order valence-corrected chi connectivity index (χ4v) is 1.80. The average Bonchev–Trinajstić information content (AvgIpc) is 2.30. The molecule has 0 radical (unpaired) electrons. The van der Waals surface area contributed by atoms with Gasteiger partial charge in [0.15, 0.2) is 5.78 Å². The number of ketones is 1. The van der Waals surface area contributed by atoms with Crippen LogP contribution in [0.15, 0.2) is 29.5 Å². The lowest BCUT2D eigenvalue weighted by atomic mass is 9.90. The van der Waals surface area contributed by atoms with Crippen molar-refractivity contribution in [1.29, 1.82) is 0 Å². The Labute approximate surface area is 100 Å². The van der Waals surface area contributed by atoms with Gasteiger partial charge >= 0.3 is 0 Å². The molecule has 0 spiro atoms. The molecule has 0 aromatic heterocycles. The monoisotopic (exact) mass is 239 g/mol. The van der Waals surface area contributed by atoms with E-state index in [9.17, 15) is 4.79 Å². The Kier molecular flexibility index (Phi) is 5.06. The number of rotatable bonds is 6. The number of hydrogen-bond acceptors (Lipinski definition) is 5. The molecule has 5 nitrogen and oxygen atoms in total. The predicted octanol–water partition coefficient (Wildman–Crippen LogP) is 1.53. The van der Waals surface area contributed by atoms with E-state index in [0.717, 1.165) is 6.21 Å². The van der Waals surface area contributed by atoms with Gasteiger partial charge in [0, 0.05) is 13.2 Å². The van der Waals surface area contributed by atoms with Crippen LogP contribution in [0.5, 0.6) is 0 Å². The Bertz CT molecular complexity index is 340. The first kappa shape index (κ1) is 13.6. The molecule has 0 aromatic rings. The number of oxime groups is 1. The third kappa shape index (κ3) is 3.01. The van der Waals surface area contributed by atoms with Gasteiger partial charge in [-0.25, -0.2) is 0 Å². The van der Waals surface area contributed by atoms with Gasteiger partial charge in [-0.05, 0) is 19.9 Å². The Morgan fingerprint density at radius 3 is 2.59 bits per heavy atom. The molecule has 0 heterocycles. The Hall–Kier alpha value is -1.46. The fraction of sp³-hybridized carbons (Fsp3) is 0.500. The maximum Gasteiger partial charge on any atom is 0.201 e. The standard InChI is InChI=1S/C12H17NO4/c1-3-16-12(17-4-2)8-6-5-7-10(12)11(14)9-13-15/h5-10,15H,3-4H2,1-2H3. The van der Waals surface area contributed by atoms with Crippen LogP contribution < -0.4 is 0 Å². The molecule has 0 saturated carbocycles. The summed E-state index contributed by atoms with van der Waals surface area (Å²) in [6.45, 7) is 4.49. The van der Waals surface area contributed by atoms with Crippen LogP contribution in [0.1, 0.15) is 13.8 Å². The summed E-state index contributed by atoms with van der Waals surface area (Å²) in [6, 6.07) is 0. The van der Waals surface area contributed by atoms with Crippen molar-refractivity contribution in [3.05, 3.63) is 24.3 Å². The maximum atomic E-state index is 11.8. The minimum absolute atomic E-state index is 0.366. The summed E-state index contributed by atoms with van der Waals surface area (Å²) in [5.74, 6) is -2.10. The molecule has 0 aromatic carbocycles. The van der Waals surface area contributed by atoms with Gasteiger partial charge < -0.3 is 14.7 Å². The lowest BCUT2D eigenvalue weighted by Crippen LogP contribution is -2.46. The average molecular weight is 239 g/mol. The normalized spacial score (nSPS) is 22.1. The summed E-state index contributed by atoms with van der Waals surface area (Å²) in [6.07, 6.45) is 7.75. The van der Waals surface area contributed by atoms with E-state index < -0.39 is 11.7 Å². The number of Topliss-reactive ketones (excluding diaryl/α,β-unsaturated/α-hetero) is 1. The van der Waals surface area contributed by atoms with Crippen LogP contribution in [0.4, 0.5) is 0 Å². The van der Waals surface area contributed by atoms with Gasteiger partial charge in [-0.15, -0.1) is 0 Å². The van der Waals surface area contributed by atoms with Gasteiger partial charge in [0.25, 0.3) is 0 Å². The SMILES string of the molecule is CCOC1(OCC)C=CC=CC1C(=O)C=NO. The Morgan fingerprint density at radius 2 is 2.06 bits per heavy atom. The first-order valence-electron chi connectivity index (χ1n) is 5.55. The first-order chi connectivity index (χ1) is 8.20. The molecule has 0 amide bonds. The first-order valence-corrected chi connectivity index (χ1v) is 5.55. The molecule has 0 aliphatic heterocycles. The van der Waals surface area contributed by atoms with Gasteiger partial charge in [-0.2, -0.15) is 0 Å². The Balaban J connectivity index is 3.01. The fourth-order valence-electron chi connectivity index (χ4n) is 1.80. The smallest absolute Gasteiger partial charge is 0.201 e. The number of nitrogens with zero attached hydrogens (tertiary/aromatic N) is 1. The largest absolute Gasteiger partial charge is 0.411 e. The summed E-state index contributed by atoms with van der Waals surface area (Å²) in [7, 11) is 0. The van der Waals surface area contributed by atoms with Crippen LogP contribution in [-0.2, 0) is 14.3 Å². The molecule has 1 rings (SSSR count). The van der Waals surface area contributed by atoms with Crippen molar-refractivity contribution in [2.75, 3.05) is 13.2 Å². The second-order valence-electron chi connectivity index (χ2n) is 3.46. The van der Waals surface area contributed by atoms with Crippen LogP contribution in [0.3, 0.4) is 0 Å². The van der Waals surface area contributed by atoms with Crippen molar-refractivity contribution in [2.45, 2.75) is 19.6 Å². The van der Waals surface area contributed by atoms with Gasteiger partial charge in [0.2, 0.25) is 5.79 Å². The minimum atomic E-state index is -1.10. The van der Waals surface area contributed by atoms with Crippen LogP contribution in [0, 0.1) is 5.92 Å². The highest BCUT2D eigenvalue weighted by Gasteiger charge is 2.42. The van der Waals surface area contributed by atoms with E-state index in [1.165, 1.54) is 0 Å². The van der Waals surface area contributed by atoms with Crippen LogP contribution in [0.25, 0.3) is 0 Å². The molecule has 0 bridgehead atoms.